The monoisotopic (exact) mass is 282 g/mol. The first-order valence-corrected chi connectivity index (χ1v) is 8.26. The highest BCUT2D eigenvalue weighted by molar-refractivity contribution is 7.09. The Balaban J connectivity index is 1.90. The molecular weight excluding hydrogens is 256 g/mol. The predicted molar refractivity (Wildman–Crippen MR) is 81.6 cm³/mol. The number of rotatable bonds is 6. The molecule has 0 aromatic carbocycles. The van der Waals surface area contributed by atoms with Gasteiger partial charge in [0.2, 0.25) is 0 Å². The average molecular weight is 282 g/mol. The molecule has 1 aromatic rings. The minimum Gasteiger partial charge on any atom is -0.394 e. The Bertz CT molecular complexity index is 355. The summed E-state index contributed by atoms with van der Waals surface area (Å²) in [5.74, 6) is 0. The summed E-state index contributed by atoms with van der Waals surface area (Å²) in [5.41, 5.74) is -0.0769. The summed E-state index contributed by atoms with van der Waals surface area (Å²) in [6.07, 6.45) is 4.52. The number of hydrogen-bond donors (Lipinski definition) is 2. The van der Waals surface area contributed by atoms with Gasteiger partial charge in [0.1, 0.15) is 0 Å². The highest BCUT2D eigenvalue weighted by Gasteiger charge is 2.31. The average Bonchev–Trinajstić information content (AvgIpc) is 2.87. The van der Waals surface area contributed by atoms with Gasteiger partial charge < -0.3 is 15.3 Å². The summed E-state index contributed by atoms with van der Waals surface area (Å²) >= 11 is 1.78. The van der Waals surface area contributed by atoms with Crippen LogP contribution >= 0.6 is 11.3 Å². The summed E-state index contributed by atoms with van der Waals surface area (Å²) in [6, 6.07) is 4.24. The second-order valence-electron chi connectivity index (χ2n) is 5.57. The van der Waals surface area contributed by atoms with Crippen LogP contribution in [0.25, 0.3) is 0 Å². The molecule has 19 heavy (non-hydrogen) atoms. The molecule has 1 fully saturated rings. The molecule has 0 amide bonds. The van der Waals surface area contributed by atoms with Crippen molar-refractivity contribution in [1.29, 1.82) is 0 Å². The van der Waals surface area contributed by atoms with Crippen LogP contribution in [0.3, 0.4) is 0 Å². The minimum absolute atomic E-state index is 0.0769. The first-order valence-electron chi connectivity index (χ1n) is 7.38. The molecule has 1 aromatic heterocycles. The highest BCUT2D eigenvalue weighted by atomic mass is 32.1. The molecule has 0 aliphatic carbocycles. The summed E-state index contributed by atoms with van der Waals surface area (Å²) in [5, 5.41) is 15.6. The van der Waals surface area contributed by atoms with Crippen molar-refractivity contribution in [2.45, 2.75) is 44.7 Å². The second kappa shape index (κ2) is 7.39. The smallest absolute Gasteiger partial charge is 0.0613 e. The zero-order valence-electron chi connectivity index (χ0n) is 11.9. The van der Waals surface area contributed by atoms with E-state index in [1.807, 2.05) is 0 Å². The molecule has 1 aliphatic heterocycles. The van der Waals surface area contributed by atoms with Crippen molar-refractivity contribution >= 4 is 11.3 Å². The summed E-state index contributed by atoms with van der Waals surface area (Å²) < 4.78 is 0. The van der Waals surface area contributed by atoms with E-state index in [2.05, 4.69) is 34.7 Å². The molecule has 1 aliphatic rings. The fraction of sp³-hybridized carbons (Fsp3) is 0.733. The fourth-order valence-electron chi connectivity index (χ4n) is 2.87. The Kier molecular flexibility index (Phi) is 5.82. The number of nitrogens with one attached hydrogen (secondary N) is 1. The van der Waals surface area contributed by atoms with E-state index in [0.717, 1.165) is 25.9 Å². The first-order chi connectivity index (χ1) is 9.28. The van der Waals surface area contributed by atoms with Crippen LogP contribution in [0, 0.1) is 0 Å². The van der Waals surface area contributed by atoms with Crippen molar-refractivity contribution in [2.75, 3.05) is 26.2 Å². The molecule has 108 valence electrons. The molecule has 1 unspecified atom stereocenters. The lowest BCUT2D eigenvalue weighted by Crippen LogP contribution is -2.48. The number of aliphatic hydroxyl groups excluding tert-OH is 1. The number of thiophene rings is 1. The van der Waals surface area contributed by atoms with E-state index < -0.39 is 0 Å². The number of likely N-dealkylation sites (tertiary alicyclic amines) is 1. The molecule has 2 rings (SSSR count). The van der Waals surface area contributed by atoms with Crippen LogP contribution in [-0.4, -0.2) is 41.8 Å². The Morgan fingerprint density at radius 1 is 1.42 bits per heavy atom. The lowest BCUT2D eigenvalue weighted by Gasteiger charge is -2.32. The molecule has 2 heterocycles. The molecular formula is C15H26N2OS. The third-order valence-corrected chi connectivity index (χ3v) is 4.97. The van der Waals surface area contributed by atoms with Crippen LogP contribution in [0.4, 0.5) is 0 Å². The fourth-order valence-corrected chi connectivity index (χ4v) is 3.51. The zero-order valence-corrected chi connectivity index (χ0v) is 12.7. The largest absolute Gasteiger partial charge is 0.394 e. The quantitative estimate of drug-likeness (QED) is 0.841. The van der Waals surface area contributed by atoms with Crippen LogP contribution in [0.15, 0.2) is 17.5 Å². The van der Waals surface area contributed by atoms with Crippen LogP contribution in [0.2, 0.25) is 0 Å². The highest BCUT2D eigenvalue weighted by Crippen LogP contribution is 2.23. The summed E-state index contributed by atoms with van der Waals surface area (Å²) in [7, 11) is 0. The van der Waals surface area contributed by atoms with Gasteiger partial charge in [0.25, 0.3) is 0 Å². The van der Waals surface area contributed by atoms with E-state index in [1.165, 1.54) is 30.8 Å². The van der Waals surface area contributed by atoms with Crippen molar-refractivity contribution in [3.05, 3.63) is 22.4 Å². The Morgan fingerprint density at radius 3 is 3.00 bits per heavy atom. The minimum atomic E-state index is -0.0769. The zero-order chi connectivity index (χ0) is 13.6. The molecule has 4 heteroatoms. The third-order valence-electron chi connectivity index (χ3n) is 4.10. The van der Waals surface area contributed by atoms with Crippen molar-refractivity contribution in [2.24, 2.45) is 0 Å². The van der Waals surface area contributed by atoms with Gasteiger partial charge in [-0.15, -0.1) is 11.3 Å². The maximum absolute atomic E-state index is 9.83. The van der Waals surface area contributed by atoms with Crippen LogP contribution < -0.4 is 5.32 Å². The van der Waals surface area contributed by atoms with Crippen LogP contribution in [0.1, 0.15) is 37.5 Å². The summed E-state index contributed by atoms with van der Waals surface area (Å²) in [4.78, 5) is 3.88. The maximum atomic E-state index is 9.83. The molecule has 1 atom stereocenters. The maximum Gasteiger partial charge on any atom is 0.0613 e. The first kappa shape index (κ1) is 15.0. The molecule has 0 saturated carbocycles. The molecule has 2 N–H and O–H groups in total. The SMILES string of the molecule is CCCN1CCCC(CO)(NCc2cccs2)CC1. The Morgan fingerprint density at radius 2 is 2.32 bits per heavy atom. The van der Waals surface area contributed by atoms with Gasteiger partial charge in [-0.2, -0.15) is 0 Å². The van der Waals surface area contributed by atoms with Crippen molar-refractivity contribution < 1.29 is 5.11 Å². The van der Waals surface area contributed by atoms with Gasteiger partial charge in [-0.3, -0.25) is 0 Å². The van der Waals surface area contributed by atoms with E-state index in [1.54, 1.807) is 11.3 Å². The third kappa shape index (κ3) is 4.28. The van der Waals surface area contributed by atoms with Gasteiger partial charge in [-0.25, -0.2) is 0 Å². The molecule has 0 spiro atoms. The Labute approximate surface area is 120 Å². The van der Waals surface area contributed by atoms with Crippen LogP contribution in [0.5, 0.6) is 0 Å². The lowest BCUT2D eigenvalue weighted by atomic mass is 9.91. The van der Waals surface area contributed by atoms with Gasteiger partial charge in [0.15, 0.2) is 0 Å². The number of aliphatic hydroxyl groups is 1. The Hall–Kier alpha value is -0.420. The topological polar surface area (TPSA) is 35.5 Å². The van der Waals surface area contributed by atoms with Crippen molar-refractivity contribution in [1.82, 2.24) is 10.2 Å². The van der Waals surface area contributed by atoms with Crippen LogP contribution in [-0.2, 0) is 6.54 Å². The standard InChI is InChI=1S/C15H26N2OS/c1-2-8-17-9-4-6-15(13-18,7-10-17)16-12-14-5-3-11-19-14/h3,5,11,16,18H,2,4,6-10,12-13H2,1H3. The molecule has 3 nitrogen and oxygen atoms in total. The predicted octanol–water partition coefficient (Wildman–Crippen LogP) is 2.46. The number of nitrogens with zero attached hydrogens (tertiary/aromatic N) is 1. The number of hydrogen-bond acceptors (Lipinski definition) is 4. The second-order valence-corrected chi connectivity index (χ2v) is 6.60. The van der Waals surface area contributed by atoms with E-state index in [4.69, 9.17) is 0 Å². The van der Waals surface area contributed by atoms with Gasteiger partial charge in [0, 0.05) is 17.0 Å². The molecule has 0 bridgehead atoms. The van der Waals surface area contributed by atoms with E-state index in [-0.39, 0.29) is 12.1 Å². The normalized spacial score (nSPS) is 25.4. The summed E-state index contributed by atoms with van der Waals surface area (Å²) in [6.45, 7) is 6.83. The van der Waals surface area contributed by atoms with E-state index in [9.17, 15) is 5.11 Å². The van der Waals surface area contributed by atoms with E-state index in [0.29, 0.717) is 0 Å². The molecule has 0 radical (unpaired) electrons. The lowest BCUT2D eigenvalue weighted by molar-refractivity contribution is 0.141. The van der Waals surface area contributed by atoms with Crippen molar-refractivity contribution in [3.8, 4) is 0 Å². The van der Waals surface area contributed by atoms with E-state index >= 15 is 0 Å². The van der Waals surface area contributed by atoms with Gasteiger partial charge in [0.05, 0.1) is 6.61 Å². The van der Waals surface area contributed by atoms with Gasteiger partial charge in [-0.05, 0) is 56.8 Å². The van der Waals surface area contributed by atoms with Gasteiger partial charge >= 0.3 is 0 Å². The van der Waals surface area contributed by atoms with Gasteiger partial charge in [-0.1, -0.05) is 13.0 Å². The molecule has 1 saturated heterocycles. The van der Waals surface area contributed by atoms with Crippen molar-refractivity contribution in [3.63, 3.8) is 0 Å².